The van der Waals surface area contributed by atoms with Gasteiger partial charge in [-0.15, -0.1) is 0 Å². The van der Waals surface area contributed by atoms with Gasteiger partial charge in [0.25, 0.3) is 0 Å². The summed E-state index contributed by atoms with van der Waals surface area (Å²) in [5.74, 6) is 1.33. The number of halogens is 2. The third-order valence-corrected chi connectivity index (χ3v) is 2.31. The molecule has 0 radical (unpaired) electrons. The number of hydrogen-bond donors (Lipinski definition) is 0. The lowest BCUT2D eigenvalue weighted by Crippen LogP contribution is -1.89. The van der Waals surface area contributed by atoms with Gasteiger partial charge in [0, 0.05) is 15.6 Å². The summed E-state index contributed by atoms with van der Waals surface area (Å²) in [7, 11) is 0. The van der Waals surface area contributed by atoms with Gasteiger partial charge in [-0.05, 0) is 38.1 Å². The van der Waals surface area contributed by atoms with E-state index in [9.17, 15) is 0 Å². The van der Waals surface area contributed by atoms with Crippen LogP contribution in [-0.4, -0.2) is 0 Å². The SMILES string of the molecule is C=C(O/C(C)=C\C)c1cc(Cl)cc(Cl)c1. The van der Waals surface area contributed by atoms with Crippen molar-refractivity contribution in [2.24, 2.45) is 0 Å². The first-order chi connectivity index (χ1) is 7.02. The Hall–Kier alpha value is -0.920. The molecule has 0 unspecified atom stereocenters. The second kappa shape index (κ2) is 5.24. The lowest BCUT2D eigenvalue weighted by molar-refractivity contribution is 0.385. The molecule has 1 aromatic carbocycles. The average molecular weight is 243 g/mol. The van der Waals surface area contributed by atoms with Crippen LogP contribution in [0.2, 0.25) is 10.0 Å². The maximum absolute atomic E-state index is 5.87. The predicted octanol–water partition coefficient (Wildman–Crippen LogP) is 4.90. The van der Waals surface area contributed by atoms with Crippen LogP contribution in [0.15, 0.2) is 36.6 Å². The Morgan fingerprint density at radius 3 is 2.27 bits per heavy atom. The zero-order valence-corrected chi connectivity index (χ0v) is 10.2. The predicted molar refractivity (Wildman–Crippen MR) is 66.0 cm³/mol. The maximum Gasteiger partial charge on any atom is 0.127 e. The number of hydrogen-bond acceptors (Lipinski definition) is 1. The fourth-order valence-electron chi connectivity index (χ4n) is 1.03. The Morgan fingerprint density at radius 1 is 1.27 bits per heavy atom. The summed E-state index contributed by atoms with van der Waals surface area (Å²) in [5, 5.41) is 1.14. The van der Waals surface area contributed by atoms with E-state index < -0.39 is 0 Å². The van der Waals surface area contributed by atoms with E-state index in [1.165, 1.54) is 0 Å². The van der Waals surface area contributed by atoms with E-state index in [0.29, 0.717) is 15.8 Å². The molecule has 15 heavy (non-hydrogen) atoms. The zero-order valence-electron chi connectivity index (χ0n) is 8.68. The maximum atomic E-state index is 5.87. The molecule has 3 heteroatoms. The van der Waals surface area contributed by atoms with Crippen molar-refractivity contribution in [3.8, 4) is 0 Å². The van der Waals surface area contributed by atoms with Crippen LogP contribution in [0.3, 0.4) is 0 Å². The Labute approximate surface area is 100.0 Å². The Balaban J connectivity index is 2.91. The molecule has 0 N–H and O–H groups in total. The summed E-state index contributed by atoms with van der Waals surface area (Å²) in [5.41, 5.74) is 0.786. The lowest BCUT2D eigenvalue weighted by Gasteiger charge is -2.09. The fraction of sp³-hybridized carbons (Fsp3) is 0.167. The normalized spacial score (nSPS) is 11.3. The van der Waals surface area contributed by atoms with E-state index in [4.69, 9.17) is 27.9 Å². The van der Waals surface area contributed by atoms with Crippen molar-refractivity contribution in [3.63, 3.8) is 0 Å². The second-order valence-electron chi connectivity index (χ2n) is 3.08. The van der Waals surface area contributed by atoms with Gasteiger partial charge >= 0.3 is 0 Å². The van der Waals surface area contributed by atoms with E-state index in [1.807, 2.05) is 19.9 Å². The minimum absolute atomic E-state index is 0.537. The molecule has 0 saturated heterocycles. The molecule has 0 atom stereocenters. The van der Waals surface area contributed by atoms with Gasteiger partial charge in [0.2, 0.25) is 0 Å². The topological polar surface area (TPSA) is 9.23 Å². The highest BCUT2D eigenvalue weighted by Crippen LogP contribution is 2.25. The monoisotopic (exact) mass is 242 g/mol. The van der Waals surface area contributed by atoms with Crippen LogP contribution in [0.25, 0.3) is 5.76 Å². The van der Waals surface area contributed by atoms with Gasteiger partial charge in [-0.25, -0.2) is 0 Å². The first-order valence-electron chi connectivity index (χ1n) is 4.49. The van der Waals surface area contributed by atoms with Crippen LogP contribution >= 0.6 is 23.2 Å². The molecule has 0 fully saturated rings. The molecule has 80 valence electrons. The van der Waals surface area contributed by atoms with Crippen LogP contribution in [0.4, 0.5) is 0 Å². The molecule has 0 bridgehead atoms. The molecule has 0 spiro atoms. The Morgan fingerprint density at radius 2 is 1.80 bits per heavy atom. The third kappa shape index (κ3) is 3.61. The highest BCUT2D eigenvalue weighted by atomic mass is 35.5. The number of ether oxygens (including phenoxy) is 1. The molecule has 0 aliphatic carbocycles. The summed E-state index contributed by atoms with van der Waals surface area (Å²) >= 11 is 11.7. The van der Waals surface area contributed by atoms with Crippen LogP contribution in [0.5, 0.6) is 0 Å². The minimum Gasteiger partial charge on any atom is -0.462 e. The molecule has 0 saturated carbocycles. The Bertz CT molecular complexity index is 388. The summed E-state index contributed by atoms with van der Waals surface area (Å²) in [6.07, 6.45) is 1.86. The van der Waals surface area contributed by atoms with Gasteiger partial charge in [-0.2, -0.15) is 0 Å². The van der Waals surface area contributed by atoms with Gasteiger partial charge in [0.15, 0.2) is 0 Å². The number of rotatable bonds is 3. The molecule has 0 aliphatic rings. The van der Waals surface area contributed by atoms with Gasteiger partial charge in [0.05, 0.1) is 5.76 Å². The smallest absolute Gasteiger partial charge is 0.127 e. The number of benzene rings is 1. The Kier molecular flexibility index (Phi) is 4.25. The second-order valence-corrected chi connectivity index (χ2v) is 3.96. The molecule has 0 aromatic heterocycles. The van der Waals surface area contributed by atoms with Gasteiger partial charge in [-0.3, -0.25) is 0 Å². The quantitative estimate of drug-likeness (QED) is 0.685. The van der Waals surface area contributed by atoms with Crippen LogP contribution in [0, 0.1) is 0 Å². The molecule has 0 aliphatic heterocycles. The summed E-state index contributed by atoms with van der Waals surface area (Å²) in [6, 6.07) is 5.19. The van der Waals surface area contributed by atoms with Crippen molar-refractivity contribution in [3.05, 3.63) is 52.2 Å². The van der Waals surface area contributed by atoms with Crippen molar-refractivity contribution in [1.29, 1.82) is 0 Å². The van der Waals surface area contributed by atoms with E-state index in [-0.39, 0.29) is 0 Å². The molecular formula is C12H12Cl2O. The summed E-state index contributed by atoms with van der Waals surface area (Å²) in [4.78, 5) is 0. The first kappa shape index (κ1) is 12.2. The van der Waals surface area contributed by atoms with Crippen molar-refractivity contribution in [2.75, 3.05) is 0 Å². The highest BCUT2D eigenvalue weighted by molar-refractivity contribution is 6.34. The largest absolute Gasteiger partial charge is 0.462 e. The summed E-state index contributed by atoms with van der Waals surface area (Å²) in [6.45, 7) is 7.57. The average Bonchev–Trinajstić information content (AvgIpc) is 2.16. The molecule has 1 rings (SSSR count). The summed E-state index contributed by atoms with van der Waals surface area (Å²) < 4.78 is 5.44. The number of allylic oxidation sites excluding steroid dienone is 2. The standard InChI is InChI=1S/C12H12Cl2O/c1-4-8(2)15-9(3)10-5-11(13)7-12(14)6-10/h4-7H,3H2,1-2H3/b8-4-. The minimum atomic E-state index is 0.537. The third-order valence-electron chi connectivity index (χ3n) is 1.88. The first-order valence-corrected chi connectivity index (χ1v) is 5.24. The zero-order chi connectivity index (χ0) is 11.4. The molecule has 1 nitrogen and oxygen atoms in total. The van der Waals surface area contributed by atoms with Gasteiger partial charge in [0.1, 0.15) is 5.76 Å². The molecule has 0 amide bonds. The van der Waals surface area contributed by atoms with Crippen molar-refractivity contribution in [2.45, 2.75) is 13.8 Å². The van der Waals surface area contributed by atoms with Crippen molar-refractivity contribution >= 4 is 29.0 Å². The molecule has 0 heterocycles. The van der Waals surface area contributed by atoms with Crippen molar-refractivity contribution in [1.82, 2.24) is 0 Å². The fourth-order valence-corrected chi connectivity index (χ4v) is 1.55. The van der Waals surface area contributed by atoms with E-state index in [0.717, 1.165) is 11.3 Å². The lowest BCUT2D eigenvalue weighted by atomic mass is 10.2. The van der Waals surface area contributed by atoms with E-state index in [2.05, 4.69) is 6.58 Å². The van der Waals surface area contributed by atoms with E-state index in [1.54, 1.807) is 18.2 Å². The van der Waals surface area contributed by atoms with Crippen LogP contribution < -0.4 is 0 Å². The van der Waals surface area contributed by atoms with Gasteiger partial charge < -0.3 is 4.74 Å². The van der Waals surface area contributed by atoms with Crippen LogP contribution in [-0.2, 0) is 4.74 Å². The highest BCUT2D eigenvalue weighted by Gasteiger charge is 2.03. The molecule has 1 aromatic rings. The van der Waals surface area contributed by atoms with Gasteiger partial charge in [-0.1, -0.05) is 29.8 Å². The van der Waals surface area contributed by atoms with Crippen molar-refractivity contribution < 1.29 is 4.74 Å². The van der Waals surface area contributed by atoms with Crippen LogP contribution in [0.1, 0.15) is 19.4 Å². The van der Waals surface area contributed by atoms with E-state index >= 15 is 0 Å². The molecular weight excluding hydrogens is 231 g/mol.